The molecule has 0 aromatic rings. The van der Waals surface area contributed by atoms with E-state index in [0.717, 1.165) is 0 Å². The molecule has 0 saturated heterocycles. The minimum Gasteiger partial charge on any atom is -0.348 e. The molecule has 0 saturated carbocycles. The van der Waals surface area contributed by atoms with Crippen LogP contribution in [0.5, 0.6) is 0 Å². The number of nitrogens with two attached hydrogens (primary N) is 1. The third-order valence-corrected chi connectivity index (χ3v) is 2.37. The van der Waals surface area contributed by atoms with Crippen molar-refractivity contribution in [2.75, 3.05) is 19.9 Å². The van der Waals surface area contributed by atoms with Crippen LogP contribution in [0.1, 0.15) is 26.7 Å². The van der Waals surface area contributed by atoms with Crippen molar-refractivity contribution in [2.24, 2.45) is 5.73 Å². The summed E-state index contributed by atoms with van der Waals surface area (Å²) in [4.78, 5) is 0. The molecule has 0 aromatic carbocycles. The van der Waals surface area contributed by atoms with E-state index in [0.29, 0.717) is 12.8 Å². The summed E-state index contributed by atoms with van der Waals surface area (Å²) in [7, 11) is 0. The smallest absolute Gasteiger partial charge is 0.348 e. The van der Waals surface area contributed by atoms with Crippen LogP contribution < -0.4 is 5.73 Å². The Hall–Kier alpha value is -0.330. The highest BCUT2D eigenvalue weighted by atomic mass is 19.4. The van der Waals surface area contributed by atoms with Gasteiger partial charge in [0.1, 0.15) is 13.4 Å². The van der Waals surface area contributed by atoms with Crippen molar-refractivity contribution in [2.45, 2.75) is 38.5 Å². The summed E-state index contributed by atoms with van der Waals surface area (Å²) in [5, 5.41) is 0. The first kappa shape index (κ1) is 14.7. The molecule has 0 unspecified atom stereocenters. The lowest BCUT2D eigenvalue weighted by Crippen LogP contribution is -2.40. The second-order valence-corrected chi connectivity index (χ2v) is 3.32. The van der Waals surface area contributed by atoms with Crippen molar-refractivity contribution < 1.29 is 22.6 Å². The van der Waals surface area contributed by atoms with Crippen molar-refractivity contribution in [1.82, 2.24) is 0 Å². The first-order chi connectivity index (χ1) is 6.89. The third kappa shape index (κ3) is 5.96. The van der Waals surface area contributed by atoms with Crippen LogP contribution in [0.15, 0.2) is 0 Å². The van der Waals surface area contributed by atoms with E-state index in [1.165, 1.54) is 0 Å². The normalized spacial score (nSPS) is 13.2. The molecule has 0 aliphatic heterocycles. The molecule has 0 aliphatic rings. The third-order valence-electron chi connectivity index (χ3n) is 2.37. The van der Waals surface area contributed by atoms with Crippen LogP contribution in [0.25, 0.3) is 0 Å². The zero-order chi connectivity index (χ0) is 11.9. The monoisotopic (exact) mass is 229 g/mol. The van der Waals surface area contributed by atoms with Crippen molar-refractivity contribution >= 4 is 0 Å². The van der Waals surface area contributed by atoms with Crippen LogP contribution in [-0.4, -0.2) is 31.7 Å². The largest absolute Gasteiger partial charge is 0.411 e. The highest BCUT2D eigenvalue weighted by Gasteiger charge is 2.29. The Morgan fingerprint density at radius 1 is 1.13 bits per heavy atom. The molecular weight excluding hydrogens is 211 g/mol. The minimum atomic E-state index is -4.31. The Kier molecular flexibility index (Phi) is 6.16. The first-order valence-corrected chi connectivity index (χ1v) is 4.87. The van der Waals surface area contributed by atoms with Crippen LogP contribution in [-0.2, 0) is 9.47 Å². The molecule has 0 heterocycles. The summed E-state index contributed by atoms with van der Waals surface area (Å²) < 4.78 is 44.7. The van der Waals surface area contributed by atoms with Crippen molar-refractivity contribution in [3.8, 4) is 0 Å². The number of halogens is 3. The van der Waals surface area contributed by atoms with E-state index in [4.69, 9.17) is 10.5 Å². The summed E-state index contributed by atoms with van der Waals surface area (Å²) in [6.45, 7) is 2.36. The van der Waals surface area contributed by atoms with Crippen LogP contribution in [0.4, 0.5) is 13.2 Å². The Balaban J connectivity index is 3.82. The molecule has 2 N–H and O–H groups in total. The van der Waals surface area contributed by atoms with Gasteiger partial charge < -0.3 is 15.2 Å². The van der Waals surface area contributed by atoms with E-state index < -0.39 is 18.4 Å². The topological polar surface area (TPSA) is 44.5 Å². The Bertz CT molecular complexity index is 161. The zero-order valence-electron chi connectivity index (χ0n) is 9.06. The molecule has 92 valence electrons. The summed E-state index contributed by atoms with van der Waals surface area (Å²) in [6, 6.07) is 0. The van der Waals surface area contributed by atoms with E-state index in [-0.39, 0.29) is 13.3 Å². The molecule has 0 bridgehead atoms. The van der Waals surface area contributed by atoms with Gasteiger partial charge in [-0.25, -0.2) is 0 Å². The van der Waals surface area contributed by atoms with Crippen molar-refractivity contribution in [3.05, 3.63) is 0 Å². The van der Waals surface area contributed by atoms with Gasteiger partial charge in [-0.1, -0.05) is 13.8 Å². The zero-order valence-corrected chi connectivity index (χ0v) is 9.06. The van der Waals surface area contributed by atoms with E-state index in [1.807, 2.05) is 13.8 Å². The van der Waals surface area contributed by atoms with Gasteiger partial charge >= 0.3 is 6.18 Å². The van der Waals surface area contributed by atoms with Crippen LogP contribution in [0, 0.1) is 0 Å². The minimum absolute atomic E-state index is 0.273. The van der Waals surface area contributed by atoms with Gasteiger partial charge in [0.15, 0.2) is 0 Å². The predicted octanol–water partition coefficient (Wildman–Crippen LogP) is 2.06. The van der Waals surface area contributed by atoms with Gasteiger partial charge in [-0.05, 0) is 12.8 Å². The van der Waals surface area contributed by atoms with Crippen LogP contribution >= 0.6 is 0 Å². The number of hydrogen-bond acceptors (Lipinski definition) is 3. The second kappa shape index (κ2) is 6.30. The summed E-state index contributed by atoms with van der Waals surface area (Å²) >= 11 is 0. The SMILES string of the molecule is CCC(CC)(CN)OCOCC(F)(F)F. The summed E-state index contributed by atoms with van der Waals surface area (Å²) in [5.74, 6) is 0. The van der Waals surface area contributed by atoms with Crippen molar-refractivity contribution in [1.29, 1.82) is 0 Å². The molecule has 0 radical (unpaired) electrons. The number of alkyl halides is 3. The summed E-state index contributed by atoms with van der Waals surface area (Å²) in [5.41, 5.74) is 4.93. The van der Waals surface area contributed by atoms with Gasteiger partial charge in [-0.15, -0.1) is 0 Å². The fourth-order valence-electron chi connectivity index (χ4n) is 1.13. The van der Waals surface area contributed by atoms with Gasteiger partial charge in [0, 0.05) is 6.54 Å². The number of rotatable bonds is 7. The quantitative estimate of drug-likeness (QED) is 0.537. The average molecular weight is 229 g/mol. The maximum Gasteiger partial charge on any atom is 0.411 e. The van der Waals surface area contributed by atoms with E-state index in [2.05, 4.69) is 4.74 Å². The van der Waals surface area contributed by atoms with Gasteiger partial charge in [0.05, 0.1) is 5.60 Å². The van der Waals surface area contributed by atoms with Crippen LogP contribution in [0.2, 0.25) is 0 Å². The summed E-state index contributed by atoms with van der Waals surface area (Å²) in [6.07, 6.45) is -3.02. The van der Waals surface area contributed by atoms with Gasteiger partial charge in [0.25, 0.3) is 0 Å². The number of ether oxygens (including phenoxy) is 2. The lowest BCUT2D eigenvalue weighted by Gasteiger charge is -2.30. The molecule has 3 nitrogen and oxygen atoms in total. The Morgan fingerprint density at radius 3 is 2.00 bits per heavy atom. The molecule has 15 heavy (non-hydrogen) atoms. The van der Waals surface area contributed by atoms with Crippen molar-refractivity contribution in [3.63, 3.8) is 0 Å². The molecular formula is C9H18F3NO2. The van der Waals surface area contributed by atoms with Gasteiger partial charge in [-0.2, -0.15) is 13.2 Å². The van der Waals surface area contributed by atoms with E-state index in [1.54, 1.807) is 0 Å². The molecule has 0 aliphatic carbocycles. The number of hydrogen-bond donors (Lipinski definition) is 1. The lowest BCUT2D eigenvalue weighted by molar-refractivity contribution is -0.215. The first-order valence-electron chi connectivity index (χ1n) is 4.87. The van der Waals surface area contributed by atoms with E-state index in [9.17, 15) is 13.2 Å². The fourth-order valence-corrected chi connectivity index (χ4v) is 1.13. The van der Waals surface area contributed by atoms with Crippen LogP contribution in [0.3, 0.4) is 0 Å². The lowest BCUT2D eigenvalue weighted by atomic mass is 9.98. The second-order valence-electron chi connectivity index (χ2n) is 3.32. The van der Waals surface area contributed by atoms with Gasteiger partial charge in [-0.3, -0.25) is 0 Å². The standard InChI is InChI=1S/C9H18F3NO2/c1-3-8(4-2,5-13)15-7-14-6-9(10,11)12/h3-7,13H2,1-2H3. The molecule has 0 amide bonds. The highest BCUT2D eigenvalue weighted by molar-refractivity contribution is 4.77. The fraction of sp³-hybridized carbons (Fsp3) is 1.00. The molecule has 0 spiro atoms. The highest BCUT2D eigenvalue weighted by Crippen LogP contribution is 2.20. The maximum absolute atomic E-state index is 11.7. The Labute approximate surface area is 87.7 Å². The maximum atomic E-state index is 11.7. The molecule has 0 atom stereocenters. The van der Waals surface area contributed by atoms with Gasteiger partial charge in [0.2, 0.25) is 0 Å². The molecule has 0 fully saturated rings. The molecule has 0 rings (SSSR count). The van der Waals surface area contributed by atoms with E-state index >= 15 is 0 Å². The average Bonchev–Trinajstić information content (AvgIpc) is 2.18. The molecule has 0 aromatic heterocycles. The Morgan fingerprint density at radius 2 is 1.67 bits per heavy atom. The molecule has 6 heteroatoms. The predicted molar refractivity (Wildman–Crippen MR) is 50.3 cm³/mol.